The van der Waals surface area contributed by atoms with Crippen LogP contribution in [0.2, 0.25) is 0 Å². The molecule has 0 bridgehead atoms. The first kappa shape index (κ1) is 14.4. The molecule has 0 amide bonds. The number of rotatable bonds is 5. The summed E-state index contributed by atoms with van der Waals surface area (Å²) in [5, 5.41) is 12.3. The topological polar surface area (TPSA) is 32.3 Å². The summed E-state index contributed by atoms with van der Waals surface area (Å²) < 4.78 is 13.2. The standard InChI is InChI=1S/C17H20FNO/c1-12(2)9-13-3-5-14(6-4-13)11-19-15-7-8-17(20)16(18)10-15/h3-8,10,12,19-20H,9,11H2,1-2H3. The van der Waals surface area contributed by atoms with Crippen molar-refractivity contribution >= 4 is 5.69 Å². The van der Waals surface area contributed by atoms with Crippen molar-refractivity contribution < 1.29 is 9.50 Å². The largest absolute Gasteiger partial charge is 0.505 e. The Hall–Kier alpha value is -2.03. The van der Waals surface area contributed by atoms with E-state index in [-0.39, 0.29) is 5.75 Å². The van der Waals surface area contributed by atoms with Gasteiger partial charge in [0.1, 0.15) is 0 Å². The minimum atomic E-state index is -0.609. The van der Waals surface area contributed by atoms with Crippen LogP contribution in [0.25, 0.3) is 0 Å². The second kappa shape index (κ2) is 6.42. The van der Waals surface area contributed by atoms with E-state index in [2.05, 4.69) is 43.4 Å². The van der Waals surface area contributed by atoms with Crippen LogP contribution in [0.1, 0.15) is 25.0 Å². The minimum Gasteiger partial charge on any atom is -0.505 e. The molecule has 0 spiro atoms. The van der Waals surface area contributed by atoms with E-state index in [4.69, 9.17) is 5.11 Å². The van der Waals surface area contributed by atoms with Gasteiger partial charge in [0, 0.05) is 18.3 Å². The van der Waals surface area contributed by atoms with Crippen LogP contribution in [0, 0.1) is 11.7 Å². The van der Waals surface area contributed by atoms with Crippen molar-refractivity contribution in [1.29, 1.82) is 0 Å². The lowest BCUT2D eigenvalue weighted by atomic mass is 10.0. The SMILES string of the molecule is CC(C)Cc1ccc(CNc2ccc(O)c(F)c2)cc1. The van der Waals surface area contributed by atoms with Gasteiger partial charge in [-0.2, -0.15) is 0 Å². The summed E-state index contributed by atoms with van der Waals surface area (Å²) in [6, 6.07) is 12.7. The number of benzene rings is 2. The molecule has 0 radical (unpaired) electrons. The monoisotopic (exact) mass is 273 g/mol. The third-order valence-corrected chi connectivity index (χ3v) is 3.11. The highest BCUT2D eigenvalue weighted by atomic mass is 19.1. The molecule has 0 atom stereocenters. The number of hydrogen-bond acceptors (Lipinski definition) is 2. The van der Waals surface area contributed by atoms with Crippen molar-refractivity contribution in [1.82, 2.24) is 0 Å². The number of aromatic hydroxyl groups is 1. The number of anilines is 1. The van der Waals surface area contributed by atoms with Gasteiger partial charge < -0.3 is 10.4 Å². The number of phenolic OH excluding ortho intramolecular Hbond substituents is 1. The predicted molar refractivity (Wildman–Crippen MR) is 80.4 cm³/mol. The van der Waals surface area contributed by atoms with Crippen LogP contribution in [0.3, 0.4) is 0 Å². The Balaban J connectivity index is 1.95. The van der Waals surface area contributed by atoms with Crippen molar-refractivity contribution in [3.05, 3.63) is 59.4 Å². The summed E-state index contributed by atoms with van der Waals surface area (Å²) in [5.74, 6) is -0.283. The van der Waals surface area contributed by atoms with E-state index in [1.54, 1.807) is 6.07 Å². The fourth-order valence-electron chi connectivity index (χ4n) is 2.09. The molecule has 0 heterocycles. The number of nitrogens with one attached hydrogen (secondary N) is 1. The summed E-state index contributed by atoms with van der Waals surface area (Å²) in [6.07, 6.45) is 1.08. The summed E-state index contributed by atoms with van der Waals surface area (Å²) in [5.41, 5.74) is 3.14. The maximum atomic E-state index is 13.2. The molecule has 0 aliphatic heterocycles. The van der Waals surface area contributed by atoms with Crippen LogP contribution in [-0.2, 0) is 13.0 Å². The molecule has 106 valence electrons. The Morgan fingerprint density at radius 2 is 1.70 bits per heavy atom. The van der Waals surface area contributed by atoms with E-state index in [1.807, 2.05) is 0 Å². The highest BCUT2D eigenvalue weighted by Gasteiger charge is 2.02. The zero-order chi connectivity index (χ0) is 14.5. The van der Waals surface area contributed by atoms with Gasteiger partial charge in [0.2, 0.25) is 0 Å². The lowest BCUT2D eigenvalue weighted by molar-refractivity contribution is 0.432. The molecule has 0 fully saturated rings. The van der Waals surface area contributed by atoms with Crippen molar-refractivity contribution in [3.63, 3.8) is 0 Å². The highest BCUT2D eigenvalue weighted by molar-refractivity contribution is 5.47. The predicted octanol–water partition coefficient (Wildman–Crippen LogP) is 4.34. The molecule has 2 aromatic carbocycles. The molecule has 0 unspecified atom stereocenters. The van der Waals surface area contributed by atoms with Crippen LogP contribution in [0.15, 0.2) is 42.5 Å². The first-order valence-electron chi connectivity index (χ1n) is 6.85. The van der Waals surface area contributed by atoms with Gasteiger partial charge in [0.25, 0.3) is 0 Å². The van der Waals surface area contributed by atoms with Crippen LogP contribution in [0.4, 0.5) is 10.1 Å². The average molecular weight is 273 g/mol. The van der Waals surface area contributed by atoms with Crippen molar-refractivity contribution in [2.45, 2.75) is 26.8 Å². The summed E-state index contributed by atoms with van der Waals surface area (Å²) in [4.78, 5) is 0. The normalized spacial score (nSPS) is 10.8. The smallest absolute Gasteiger partial charge is 0.166 e. The van der Waals surface area contributed by atoms with Crippen molar-refractivity contribution in [2.75, 3.05) is 5.32 Å². The zero-order valence-electron chi connectivity index (χ0n) is 11.9. The molecular weight excluding hydrogens is 253 g/mol. The van der Waals surface area contributed by atoms with Gasteiger partial charge in [-0.1, -0.05) is 38.1 Å². The third-order valence-electron chi connectivity index (χ3n) is 3.11. The van der Waals surface area contributed by atoms with E-state index in [1.165, 1.54) is 17.7 Å². The summed E-state index contributed by atoms with van der Waals surface area (Å²) >= 11 is 0. The van der Waals surface area contributed by atoms with Crippen LogP contribution < -0.4 is 5.32 Å². The van der Waals surface area contributed by atoms with Gasteiger partial charge in [-0.05, 0) is 35.6 Å². The van der Waals surface area contributed by atoms with Crippen LogP contribution >= 0.6 is 0 Å². The van der Waals surface area contributed by atoms with Gasteiger partial charge in [-0.3, -0.25) is 0 Å². The quantitative estimate of drug-likeness (QED) is 0.794. The molecule has 0 aliphatic rings. The van der Waals surface area contributed by atoms with Crippen LogP contribution in [0.5, 0.6) is 5.75 Å². The second-order valence-corrected chi connectivity index (χ2v) is 5.43. The second-order valence-electron chi connectivity index (χ2n) is 5.43. The first-order valence-corrected chi connectivity index (χ1v) is 6.85. The number of phenols is 1. The average Bonchev–Trinajstić information content (AvgIpc) is 2.41. The maximum absolute atomic E-state index is 13.2. The molecule has 20 heavy (non-hydrogen) atoms. The van der Waals surface area contributed by atoms with Gasteiger partial charge >= 0.3 is 0 Å². The van der Waals surface area contributed by atoms with Gasteiger partial charge in [0.05, 0.1) is 0 Å². The summed E-state index contributed by atoms with van der Waals surface area (Å²) in [7, 11) is 0. The molecule has 2 aromatic rings. The molecule has 3 heteroatoms. The zero-order valence-corrected chi connectivity index (χ0v) is 11.9. The Bertz CT molecular complexity index is 564. The molecular formula is C17H20FNO. The Morgan fingerprint density at radius 1 is 1.05 bits per heavy atom. The van der Waals surface area contributed by atoms with E-state index < -0.39 is 5.82 Å². The Kier molecular flexibility index (Phi) is 4.61. The van der Waals surface area contributed by atoms with E-state index in [9.17, 15) is 4.39 Å². The molecule has 0 aliphatic carbocycles. The number of hydrogen-bond donors (Lipinski definition) is 2. The van der Waals surface area contributed by atoms with Gasteiger partial charge in [-0.15, -0.1) is 0 Å². The summed E-state index contributed by atoms with van der Waals surface area (Å²) in [6.45, 7) is 5.04. The molecule has 0 saturated carbocycles. The fraction of sp³-hybridized carbons (Fsp3) is 0.294. The number of halogens is 1. The van der Waals surface area contributed by atoms with E-state index in [0.717, 1.165) is 12.0 Å². The first-order chi connectivity index (χ1) is 9.54. The highest BCUT2D eigenvalue weighted by Crippen LogP contribution is 2.20. The molecule has 2 N–H and O–H groups in total. The lowest BCUT2D eigenvalue weighted by Gasteiger charge is -2.09. The Labute approximate surface area is 119 Å². The van der Waals surface area contributed by atoms with Gasteiger partial charge in [-0.25, -0.2) is 4.39 Å². The van der Waals surface area contributed by atoms with E-state index >= 15 is 0 Å². The van der Waals surface area contributed by atoms with Crippen molar-refractivity contribution in [3.8, 4) is 5.75 Å². The fourth-order valence-corrected chi connectivity index (χ4v) is 2.09. The van der Waals surface area contributed by atoms with Crippen molar-refractivity contribution in [2.24, 2.45) is 5.92 Å². The molecule has 0 saturated heterocycles. The third kappa shape index (κ3) is 3.98. The van der Waals surface area contributed by atoms with Crippen LogP contribution in [-0.4, -0.2) is 5.11 Å². The van der Waals surface area contributed by atoms with E-state index in [0.29, 0.717) is 18.2 Å². The molecule has 2 nitrogen and oxygen atoms in total. The lowest BCUT2D eigenvalue weighted by Crippen LogP contribution is -2.00. The molecule has 0 aromatic heterocycles. The Morgan fingerprint density at radius 3 is 2.30 bits per heavy atom. The minimum absolute atomic E-state index is 0.325. The molecule has 2 rings (SSSR count). The maximum Gasteiger partial charge on any atom is 0.166 e. The van der Waals surface area contributed by atoms with Gasteiger partial charge in [0.15, 0.2) is 11.6 Å².